The first-order valence-electron chi connectivity index (χ1n) is 11.2. The lowest BCUT2D eigenvalue weighted by Gasteiger charge is -2.43. The van der Waals surface area contributed by atoms with E-state index in [0.717, 1.165) is 5.56 Å². The Morgan fingerprint density at radius 3 is 2.31 bits per heavy atom. The molecule has 0 aliphatic carbocycles. The molecule has 0 radical (unpaired) electrons. The number of sulfonamides is 1. The van der Waals surface area contributed by atoms with E-state index in [2.05, 4.69) is 0 Å². The van der Waals surface area contributed by atoms with Crippen LogP contribution in [0.5, 0.6) is 0 Å². The Morgan fingerprint density at radius 1 is 0.943 bits per heavy atom. The number of furan rings is 1. The predicted octanol–water partition coefficient (Wildman–Crippen LogP) is 6.31. The molecule has 1 aliphatic rings. The number of para-hydroxylation sites is 2. The summed E-state index contributed by atoms with van der Waals surface area (Å²) in [6.07, 6.45) is 1.86. The summed E-state index contributed by atoms with van der Waals surface area (Å²) in [6.45, 7) is 1.92. The second-order valence-electron chi connectivity index (χ2n) is 8.40. The van der Waals surface area contributed by atoms with Crippen molar-refractivity contribution in [2.75, 3.05) is 9.21 Å². The van der Waals surface area contributed by atoms with Crippen molar-refractivity contribution in [3.63, 3.8) is 0 Å². The first kappa shape index (κ1) is 23.2. The van der Waals surface area contributed by atoms with Gasteiger partial charge in [0.2, 0.25) is 0 Å². The van der Waals surface area contributed by atoms with Crippen molar-refractivity contribution in [1.82, 2.24) is 0 Å². The van der Waals surface area contributed by atoms with Gasteiger partial charge >= 0.3 is 0 Å². The van der Waals surface area contributed by atoms with Crippen LogP contribution < -0.4 is 9.21 Å². The summed E-state index contributed by atoms with van der Waals surface area (Å²) < 4.78 is 34.9. The first-order chi connectivity index (χ1) is 16.9. The van der Waals surface area contributed by atoms with E-state index in [9.17, 15) is 13.2 Å². The highest BCUT2D eigenvalue weighted by atomic mass is 35.5. The summed E-state index contributed by atoms with van der Waals surface area (Å²) in [7, 11) is -3.96. The van der Waals surface area contributed by atoms with Crippen LogP contribution in [0, 0.1) is 0 Å². The second kappa shape index (κ2) is 9.24. The molecule has 0 bridgehead atoms. The first-order valence-corrected chi connectivity index (χ1v) is 13.0. The minimum Gasteiger partial charge on any atom is -0.459 e. The number of hydrogen-bond donors (Lipinski definition) is 0. The van der Waals surface area contributed by atoms with Crippen LogP contribution in [0.3, 0.4) is 0 Å². The molecule has 8 heteroatoms. The molecule has 5 rings (SSSR count). The Labute approximate surface area is 209 Å². The van der Waals surface area contributed by atoms with Crippen molar-refractivity contribution in [3.05, 3.63) is 114 Å². The van der Waals surface area contributed by atoms with Crippen LogP contribution in [0.25, 0.3) is 0 Å². The Kier molecular flexibility index (Phi) is 6.13. The lowest BCUT2D eigenvalue weighted by atomic mass is 9.91. The fourth-order valence-corrected chi connectivity index (χ4v) is 6.38. The zero-order valence-electron chi connectivity index (χ0n) is 18.9. The summed E-state index contributed by atoms with van der Waals surface area (Å²) in [5.41, 5.74) is 1.94. The molecule has 0 saturated carbocycles. The quantitative estimate of drug-likeness (QED) is 0.318. The molecule has 35 heavy (non-hydrogen) atoms. The fourth-order valence-electron chi connectivity index (χ4n) is 4.61. The number of amides is 1. The topological polar surface area (TPSA) is 70.8 Å². The lowest BCUT2D eigenvalue weighted by Crippen LogP contribution is -2.47. The third kappa shape index (κ3) is 4.22. The SMILES string of the molecule is C[C@H]1C[C@H](N(c2ccccc2)S(=O)(=O)c2ccc(Cl)cc2)c2ccccc2N1C(=O)c1ccco1. The highest BCUT2D eigenvalue weighted by Gasteiger charge is 2.41. The maximum Gasteiger partial charge on any atom is 0.294 e. The highest BCUT2D eigenvalue weighted by Crippen LogP contribution is 2.44. The molecule has 2 heterocycles. The van der Waals surface area contributed by atoms with Gasteiger partial charge in [-0.25, -0.2) is 8.42 Å². The summed E-state index contributed by atoms with van der Waals surface area (Å²) in [6, 6.07) is 25.1. The Balaban J connectivity index is 1.66. The highest BCUT2D eigenvalue weighted by molar-refractivity contribution is 7.92. The molecule has 1 aromatic heterocycles. The van der Waals surface area contributed by atoms with Gasteiger partial charge in [-0.1, -0.05) is 48.0 Å². The smallest absolute Gasteiger partial charge is 0.294 e. The van der Waals surface area contributed by atoms with E-state index in [1.165, 1.54) is 22.7 Å². The minimum absolute atomic E-state index is 0.143. The second-order valence-corrected chi connectivity index (χ2v) is 10.7. The normalized spacial score (nSPS) is 17.6. The molecular weight excluding hydrogens is 484 g/mol. The van der Waals surface area contributed by atoms with E-state index in [1.807, 2.05) is 49.4 Å². The number of carbonyl (C=O) groups excluding carboxylic acids is 1. The molecule has 4 aromatic rings. The number of halogens is 1. The molecular formula is C27H23ClN2O4S. The monoisotopic (exact) mass is 506 g/mol. The van der Waals surface area contributed by atoms with E-state index in [1.54, 1.807) is 41.3 Å². The molecule has 178 valence electrons. The molecule has 0 fully saturated rings. The van der Waals surface area contributed by atoms with Gasteiger partial charge in [0.05, 0.1) is 22.9 Å². The summed E-state index contributed by atoms with van der Waals surface area (Å²) >= 11 is 6.03. The fraction of sp³-hybridized carbons (Fsp3) is 0.148. The molecule has 0 unspecified atom stereocenters. The number of benzene rings is 3. The maximum absolute atomic E-state index is 14.0. The summed E-state index contributed by atoms with van der Waals surface area (Å²) in [5.74, 6) is -0.0287. The largest absolute Gasteiger partial charge is 0.459 e. The van der Waals surface area contributed by atoms with E-state index in [-0.39, 0.29) is 22.6 Å². The average Bonchev–Trinajstić information content (AvgIpc) is 3.40. The lowest BCUT2D eigenvalue weighted by molar-refractivity contribution is 0.0947. The number of rotatable bonds is 5. The third-order valence-electron chi connectivity index (χ3n) is 6.18. The van der Waals surface area contributed by atoms with Crippen LogP contribution in [-0.4, -0.2) is 20.4 Å². The molecule has 6 nitrogen and oxygen atoms in total. The number of hydrogen-bond acceptors (Lipinski definition) is 4. The summed E-state index contributed by atoms with van der Waals surface area (Å²) in [5, 5.41) is 0.457. The van der Waals surface area contributed by atoms with Gasteiger partial charge in [0.1, 0.15) is 0 Å². The van der Waals surface area contributed by atoms with Crippen molar-refractivity contribution >= 4 is 38.9 Å². The van der Waals surface area contributed by atoms with Crippen LogP contribution >= 0.6 is 11.6 Å². The van der Waals surface area contributed by atoms with E-state index < -0.39 is 16.1 Å². The van der Waals surface area contributed by atoms with Gasteiger partial charge in [0.25, 0.3) is 15.9 Å². The van der Waals surface area contributed by atoms with Gasteiger partial charge in [-0.05, 0) is 73.5 Å². The number of nitrogens with zero attached hydrogens (tertiary/aromatic N) is 2. The third-order valence-corrected chi connectivity index (χ3v) is 8.28. The number of carbonyl (C=O) groups is 1. The van der Waals surface area contributed by atoms with Crippen LogP contribution in [-0.2, 0) is 10.0 Å². The standard InChI is InChI=1S/C27H23ClN2O4S/c1-19-18-25(23-10-5-6-11-24(23)29(19)27(31)26-12-7-17-34-26)30(21-8-3-2-4-9-21)35(32,33)22-15-13-20(28)14-16-22/h2-17,19,25H,18H2,1H3/t19-,25-/m0/s1. The van der Waals surface area contributed by atoms with Crippen molar-refractivity contribution in [2.45, 2.75) is 30.3 Å². The molecule has 2 atom stereocenters. The van der Waals surface area contributed by atoms with Crippen LogP contribution in [0.1, 0.15) is 35.5 Å². The molecule has 0 spiro atoms. The van der Waals surface area contributed by atoms with Gasteiger partial charge in [-0.3, -0.25) is 9.10 Å². The molecule has 1 aliphatic heterocycles. The van der Waals surface area contributed by atoms with Crippen molar-refractivity contribution in [2.24, 2.45) is 0 Å². The van der Waals surface area contributed by atoms with Crippen molar-refractivity contribution < 1.29 is 17.6 Å². The predicted molar refractivity (Wildman–Crippen MR) is 136 cm³/mol. The molecule has 0 N–H and O–H groups in total. The number of fused-ring (bicyclic) bond motifs is 1. The Morgan fingerprint density at radius 2 is 1.63 bits per heavy atom. The van der Waals surface area contributed by atoms with Crippen LogP contribution in [0.15, 0.2) is 107 Å². The average molecular weight is 507 g/mol. The Hall–Kier alpha value is -3.55. The Bertz CT molecular complexity index is 1440. The van der Waals surface area contributed by atoms with E-state index in [4.69, 9.17) is 16.0 Å². The van der Waals surface area contributed by atoms with Crippen molar-refractivity contribution in [3.8, 4) is 0 Å². The minimum atomic E-state index is -3.96. The molecule has 0 saturated heterocycles. The van der Waals surface area contributed by atoms with E-state index >= 15 is 0 Å². The van der Waals surface area contributed by atoms with Gasteiger partial charge in [-0.2, -0.15) is 0 Å². The molecule has 3 aromatic carbocycles. The van der Waals surface area contributed by atoms with E-state index in [0.29, 0.717) is 22.8 Å². The van der Waals surface area contributed by atoms with Crippen LogP contribution in [0.2, 0.25) is 5.02 Å². The zero-order chi connectivity index (χ0) is 24.6. The summed E-state index contributed by atoms with van der Waals surface area (Å²) in [4.78, 5) is 15.1. The van der Waals surface area contributed by atoms with Gasteiger partial charge in [-0.15, -0.1) is 0 Å². The van der Waals surface area contributed by atoms with Crippen LogP contribution in [0.4, 0.5) is 11.4 Å². The van der Waals surface area contributed by atoms with Gasteiger partial charge in [0.15, 0.2) is 5.76 Å². The van der Waals surface area contributed by atoms with Crippen molar-refractivity contribution in [1.29, 1.82) is 0 Å². The van der Waals surface area contributed by atoms with Gasteiger partial charge in [0, 0.05) is 16.8 Å². The zero-order valence-corrected chi connectivity index (χ0v) is 20.5. The van der Waals surface area contributed by atoms with Gasteiger partial charge < -0.3 is 9.32 Å². The molecule has 1 amide bonds. The number of anilines is 2. The maximum atomic E-state index is 14.0.